The Hall–Kier alpha value is -1.14. The van der Waals surface area contributed by atoms with E-state index in [2.05, 4.69) is 33.6 Å². The van der Waals surface area contributed by atoms with Crippen LogP contribution in [0.5, 0.6) is 0 Å². The largest absolute Gasteiger partial charge is 0.353 e. The van der Waals surface area contributed by atoms with Gasteiger partial charge in [0, 0.05) is 18.6 Å². The van der Waals surface area contributed by atoms with Crippen molar-refractivity contribution in [2.45, 2.75) is 37.4 Å². The minimum absolute atomic E-state index is 0. The molecule has 1 amide bonds. The Balaban J connectivity index is 0.00000161. The van der Waals surface area contributed by atoms with Crippen molar-refractivity contribution in [2.24, 2.45) is 0 Å². The first-order valence-corrected chi connectivity index (χ1v) is 7.40. The number of carbonyl (C=O) groups excluding carboxylic acids is 1. The van der Waals surface area contributed by atoms with Crippen LogP contribution in [0.3, 0.4) is 0 Å². The van der Waals surface area contributed by atoms with Gasteiger partial charge in [-0.05, 0) is 31.4 Å². The molecule has 0 saturated carbocycles. The van der Waals surface area contributed by atoms with E-state index in [9.17, 15) is 4.79 Å². The molecule has 3 atom stereocenters. The van der Waals surface area contributed by atoms with Crippen LogP contribution in [-0.2, 0) is 4.79 Å². The molecule has 4 N–H and O–H groups in total. The van der Waals surface area contributed by atoms with Crippen molar-refractivity contribution in [3.63, 3.8) is 0 Å². The monoisotopic (exact) mass is 310 g/mol. The average molecular weight is 311 g/mol. The van der Waals surface area contributed by atoms with Crippen LogP contribution < -0.4 is 21.5 Å². The summed E-state index contributed by atoms with van der Waals surface area (Å²) >= 11 is 0. The highest BCUT2D eigenvalue weighted by Crippen LogP contribution is 2.21. The lowest BCUT2D eigenvalue weighted by Gasteiger charge is -2.14. The summed E-state index contributed by atoms with van der Waals surface area (Å²) < 4.78 is 0. The van der Waals surface area contributed by atoms with Gasteiger partial charge in [0.25, 0.3) is 0 Å². The van der Waals surface area contributed by atoms with E-state index in [-0.39, 0.29) is 30.4 Å². The third-order valence-electron chi connectivity index (χ3n) is 4.11. The zero-order valence-electron chi connectivity index (χ0n) is 12.0. The van der Waals surface area contributed by atoms with Gasteiger partial charge in [0.15, 0.2) is 0 Å². The summed E-state index contributed by atoms with van der Waals surface area (Å²) in [6.45, 7) is 1.80. The molecule has 116 valence electrons. The number of benzene rings is 1. The molecular formula is C15H23ClN4O. The Labute approximate surface area is 131 Å². The van der Waals surface area contributed by atoms with E-state index >= 15 is 0 Å². The summed E-state index contributed by atoms with van der Waals surface area (Å²) in [5.74, 6) is 0.0876. The Kier molecular flexibility index (Phi) is 5.99. The fraction of sp³-hybridized carbons (Fsp3) is 0.533. The molecule has 2 saturated heterocycles. The first-order valence-electron chi connectivity index (χ1n) is 7.40. The smallest absolute Gasteiger partial charge is 0.238 e. The van der Waals surface area contributed by atoms with E-state index in [1.54, 1.807) is 0 Å². The number of amides is 1. The van der Waals surface area contributed by atoms with Crippen LogP contribution in [0, 0.1) is 0 Å². The van der Waals surface area contributed by atoms with E-state index < -0.39 is 0 Å². The van der Waals surface area contributed by atoms with E-state index in [1.165, 1.54) is 12.0 Å². The minimum atomic E-state index is -0.151. The van der Waals surface area contributed by atoms with E-state index in [4.69, 9.17) is 0 Å². The van der Waals surface area contributed by atoms with Gasteiger partial charge in [-0.15, -0.1) is 12.4 Å². The normalized spacial score (nSPS) is 28.1. The topological polar surface area (TPSA) is 65.2 Å². The number of hydrogen-bond donors (Lipinski definition) is 4. The molecule has 21 heavy (non-hydrogen) atoms. The van der Waals surface area contributed by atoms with Crippen LogP contribution >= 0.6 is 12.4 Å². The van der Waals surface area contributed by atoms with Crippen molar-refractivity contribution in [1.29, 1.82) is 0 Å². The van der Waals surface area contributed by atoms with Crippen LogP contribution in [0.25, 0.3) is 0 Å². The standard InChI is InChI=1S/C15H22N4O.ClH/c20-15(17-10-12-7-4-8-16-12)14-9-13(18-19-14)11-5-2-1-3-6-11;/h1-3,5-6,12-14,16,18-19H,4,7-10H2,(H,17,20);1H. The fourth-order valence-electron chi connectivity index (χ4n) is 2.91. The molecule has 0 radical (unpaired) electrons. The molecule has 0 spiro atoms. The molecule has 2 fully saturated rings. The number of carbonyl (C=O) groups is 1. The van der Waals surface area contributed by atoms with Crippen LogP contribution in [0.2, 0.25) is 0 Å². The molecule has 5 nitrogen and oxygen atoms in total. The Morgan fingerprint density at radius 2 is 2.05 bits per heavy atom. The average Bonchev–Trinajstić information content (AvgIpc) is 3.17. The van der Waals surface area contributed by atoms with E-state index in [0.29, 0.717) is 6.04 Å². The summed E-state index contributed by atoms with van der Waals surface area (Å²) in [5.41, 5.74) is 7.52. The lowest BCUT2D eigenvalue weighted by atomic mass is 10.0. The molecule has 0 aromatic heterocycles. The van der Waals surface area contributed by atoms with Crippen LogP contribution in [0.1, 0.15) is 30.9 Å². The molecule has 1 aromatic carbocycles. The zero-order chi connectivity index (χ0) is 13.8. The summed E-state index contributed by atoms with van der Waals surface area (Å²) in [5, 5.41) is 6.42. The number of rotatable bonds is 4. The predicted molar refractivity (Wildman–Crippen MR) is 85.1 cm³/mol. The van der Waals surface area contributed by atoms with Gasteiger partial charge in [-0.25, -0.2) is 10.9 Å². The second-order valence-electron chi connectivity index (χ2n) is 5.58. The maximum atomic E-state index is 12.1. The van der Waals surface area contributed by atoms with Crippen molar-refractivity contribution in [1.82, 2.24) is 21.5 Å². The van der Waals surface area contributed by atoms with Gasteiger partial charge in [0.2, 0.25) is 5.91 Å². The fourth-order valence-corrected chi connectivity index (χ4v) is 2.91. The first kappa shape index (κ1) is 16.2. The molecule has 0 bridgehead atoms. The molecule has 2 aliphatic rings. The lowest BCUT2D eigenvalue weighted by molar-refractivity contribution is -0.122. The summed E-state index contributed by atoms with van der Waals surface area (Å²) in [4.78, 5) is 12.1. The molecule has 3 unspecified atom stereocenters. The number of halogens is 1. The molecule has 6 heteroatoms. The summed E-state index contributed by atoms with van der Waals surface area (Å²) in [6.07, 6.45) is 3.15. The second kappa shape index (κ2) is 7.75. The Morgan fingerprint density at radius 3 is 2.76 bits per heavy atom. The van der Waals surface area contributed by atoms with Crippen molar-refractivity contribution in [3.8, 4) is 0 Å². The highest BCUT2D eigenvalue weighted by Gasteiger charge is 2.30. The number of nitrogens with one attached hydrogen (secondary N) is 4. The van der Waals surface area contributed by atoms with E-state index in [0.717, 1.165) is 25.9 Å². The predicted octanol–water partition coefficient (Wildman–Crippen LogP) is 0.884. The third kappa shape index (κ3) is 4.17. The quantitative estimate of drug-likeness (QED) is 0.667. The second-order valence-corrected chi connectivity index (χ2v) is 5.58. The van der Waals surface area contributed by atoms with Gasteiger partial charge in [-0.3, -0.25) is 4.79 Å². The molecule has 0 aliphatic carbocycles. The molecule has 2 aliphatic heterocycles. The van der Waals surface area contributed by atoms with E-state index in [1.807, 2.05) is 18.2 Å². The molecule has 3 rings (SSSR count). The minimum Gasteiger partial charge on any atom is -0.353 e. The van der Waals surface area contributed by atoms with Crippen molar-refractivity contribution in [2.75, 3.05) is 13.1 Å². The highest BCUT2D eigenvalue weighted by molar-refractivity contribution is 5.85. The van der Waals surface area contributed by atoms with Crippen molar-refractivity contribution < 1.29 is 4.79 Å². The third-order valence-corrected chi connectivity index (χ3v) is 4.11. The molecular weight excluding hydrogens is 288 g/mol. The lowest BCUT2D eigenvalue weighted by Crippen LogP contribution is -2.46. The van der Waals surface area contributed by atoms with Crippen molar-refractivity contribution >= 4 is 18.3 Å². The van der Waals surface area contributed by atoms with Gasteiger partial charge in [0.05, 0.1) is 0 Å². The number of hydrazine groups is 1. The maximum absolute atomic E-state index is 12.1. The number of hydrogen-bond acceptors (Lipinski definition) is 4. The van der Waals surface area contributed by atoms with Crippen LogP contribution in [0.15, 0.2) is 30.3 Å². The van der Waals surface area contributed by atoms with Gasteiger partial charge in [-0.2, -0.15) is 0 Å². The van der Waals surface area contributed by atoms with Crippen molar-refractivity contribution in [3.05, 3.63) is 35.9 Å². The van der Waals surface area contributed by atoms with Gasteiger partial charge >= 0.3 is 0 Å². The van der Waals surface area contributed by atoms with Crippen LogP contribution in [0.4, 0.5) is 0 Å². The van der Waals surface area contributed by atoms with Gasteiger partial charge < -0.3 is 10.6 Å². The SMILES string of the molecule is Cl.O=C(NCC1CCCN1)C1CC(c2ccccc2)NN1. The van der Waals surface area contributed by atoms with Crippen LogP contribution in [-0.4, -0.2) is 31.1 Å². The summed E-state index contributed by atoms with van der Waals surface area (Å²) in [6, 6.07) is 10.7. The Morgan fingerprint density at radius 1 is 1.24 bits per heavy atom. The van der Waals surface area contributed by atoms with Gasteiger partial charge in [0.1, 0.15) is 6.04 Å². The zero-order valence-corrected chi connectivity index (χ0v) is 12.8. The molecule has 2 heterocycles. The summed E-state index contributed by atoms with van der Waals surface area (Å²) in [7, 11) is 0. The highest BCUT2D eigenvalue weighted by atomic mass is 35.5. The molecule has 1 aromatic rings. The van der Waals surface area contributed by atoms with Gasteiger partial charge in [-0.1, -0.05) is 30.3 Å². The maximum Gasteiger partial charge on any atom is 0.238 e. The Bertz CT molecular complexity index is 450. The first-order chi connectivity index (χ1) is 9.83.